The van der Waals surface area contributed by atoms with E-state index in [-0.39, 0.29) is 5.91 Å². The quantitative estimate of drug-likeness (QED) is 0.812. The number of aliphatic carboxylic acids is 1. The van der Waals surface area contributed by atoms with Crippen LogP contribution in [0.15, 0.2) is 18.2 Å². The van der Waals surface area contributed by atoms with Crippen molar-refractivity contribution in [3.05, 3.63) is 32.9 Å². The number of aryl methyl sites for hydroxylation is 1. The van der Waals surface area contributed by atoms with Crippen molar-refractivity contribution < 1.29 is 14.7 Å². The minimum absolute atomic E-state index is 0.166. The van der Waals surface area contributed by atoms with Crippen molar-refractivity contribution >= 4 is 34.5 Å². The van der Waals surface area contributed by atoms with Gasteiger partial charge in [-0.25, -0.2) is 4.79 Å². The molecule has 1 amide bonds. The van der Waals surface area contributed by atoms with Crippen LogP contribution in [0.25, 0.3) is 0 Å². The van der Waals surface area contributed by atoms with Gasteiger partial charge in [0.25, 0.3) is 5.91 Å². The van der Waals surface area contributed by atoms with E-state index in [2.05, 4.69) is 22.6 Å². The highest BCUT2D eigenvalue weighted by Crippen LogP contribution is 2.23. The van der Waals surface area contributed by atoms with E-state index in [0.717, 1.165) is 22.0 Å². The van der Waals surface area contributed by atoms with Gasteiger partial charge in [0.1, 0.15) is 6.04 Å². The fraction of sp³-hybridized carbons (Fsp3) is 0.429. The summed E-state index contributed by atoms with van der Waals surface area (Å²) in [4.78, 5) is 25.3. The maximum absolute atomic E-state index is 12.5. The summed E-state index contributed by atoms with van der Waals surface area (Å²) in [6, 6.07) is 4.87. The van der Waals surface area contributed by atoms with Crippen molar-refractivity contribution in [3.8, 4) is 0 Å². The fourth-order valence-electron chi connectivity index (χ4n) is 2.40. The van der Waals surface area contributed by atoms with Gasteiger partial charge in [-0.3, -0.25) is 4.79 Å². The highest BCUT2D eigenvalue weighted by atomic mass is 127. The number of carboxylic acid groups (broad SMARTS) is 1. The number of hydrogen-bond acceptors (Lipinski definition) is 2. The van der Waals surface area contributed by atoms with Gasteiger partial charge in [-0.1, -0.05) is 12.1 Å². The van der Waals surface area contributed by atoms with Crippen molar-refractivity contribution in [2.75, 3.05) is 6.54 Å². The summed E-state index contributed by atoms with van der Waals surface area (Å²) in [5.74, 6) is -1.07. The highest BCUT2D eigenvalue weighted by Gasteiger charge is 2.33. The maximum Gasteiger partial charge on any atom is 0.326 e. The van der Waals surface area contributed by atoms with E-state index in [1.165, 1.54) is 4.90 Å². The summed E-state index contributed by atoms with van der Waals surface area (Å²) in [6.07, 6.45) is 2.28. The zero-order valence-electron chi connectivity index (χ0n) is 10.7. The molecule has 2 rings (SSSR count). The van der Waals surface area contributed by atoms with Crippen molar-refractivity contribution in [1.82, 2.24) is 4.90 Å². The maximum atomic E-state index is 12.5. The number of amides is 1. The predicted octanol–water partition coefficient (Wildman–Crippen LogP) is 2.68. The second kappa shape index (κ2) is 5.90. The Bertz CT molecular complexity index is 515. The summed E-state index contributed by atoms with van der Waals surface area (Å²) in [6.45, 7) is 2.48. The van der Waals surface area contributed by atoms with Crippen LogP contribution in [0.4, 0.5) is 0 Å². The van der Waals surface area contributed by atoms with Crippen molar-refractivity contribution in [2.45, 2.75) is 32.2 Å². The number of carboxylic acids is 1. The van der Waals surface area contributed by atoms with Crippen LogP contribution in [0.1, 0.15) is 35.2 Å². The first-order chi connectivity index (χ1) is 9.02. The summed E-state index contributed by atoms with van der Waals surface area (Å²) < 4.78 is 0.903. The van der Waals surface area contributed by atoms with Crippen LogP contribution in [0.5, 0.6) is 0 Å². The Morgan fingerprint density at radius 1 is 1.37 bits per heavy atom. The monoisotopic (exact) mass is 373 g/mol. The Kier molecular flexibility index (Phi) is 4.44. The van der Waals surface area contributed by atoms with E-state index >= 15 is 0 Å². The molecule has 0 saturated carbocycles. The van der Waals surface area contributed by atoms with Crippen LogP contribution in [-0.4, -0.2) is 34.5 Å². The largest absolute Gasteiger partial charge is 0.480 e. The Morgan fingerprint density at radius 2 is 2.11 bits per heavy atom. The molecule has 0 bridgehead atoms. The van der Waals surface area contributed by atoms with Crippen LogP contribution in [0.2, 0.25) is 0 Å². The number of nitrogens with zero attached hydrogens (tertiary/aromatic N) is 1. The van der Waals surface area contributed by atoms with Gasteiger partial charge in [0.15, 0.2) is 0 Å². The lowest BCUT2D eigenvalue weighted by Gasteiger charge is -2.33. The van der Waals surface area contributed by atoms with Crippen LogP contribution >= 0.6 is 22.6 Å². The van der Waals surface area contributed by atoms with E-state index in [9.17, 15) is 14.7 Å². The van der Waals surface area contributed by atoms with Gasteiger partial charge < -0.3 is 10.0 Å². The highest BCUT2D eigenvalue weighted by molar-refractivity contribution is 14.1. The Morgan fingerprint density at radius 3 is 2.79 bits per heavy atom. The van der Waals surface area contributed by atoms with Crippen LogP contribution < -0.4 is 0 Å². The first kappa shape index (κ1) is 14.3. The van der Waals surface area contributed by atoms with Crippen molar-refractivity contribution in [2.24, 2.45) is 0 Å². The van der Waals surface area contributed by atoms with Crippen LogP contribution in [-0.2, 0) is 4.79 Å². The molecular weight excluding hydrogens is 357 g/mol. The number of benzene rings is 1. The second-order valence-electron chi connectivity index (χ2n) is 4.78. The summed E-state index contributed by atoms with van der Waals surface area (Å²) in [7, 11) is 0. The minimum atomic E-state index is -0.907. The predicted molar refractivity (Wildman–Crippen MR) is 80.2 cm³/mol. The van der Waals surface area contributed by atoms with Gasteiger partial charge >= 0.3 is 5.97 Å². The summed E-state index contributed by atoms with van der Waals surface area (Å²) in [5.41, 5.74) is 1.64. The standard InChI is InChI=1S/C14H16INO3/c1-9-5-4-6-10(12(9)15)13(17)16-8-3-2-7-11(16)14(18)19/h4-6,11H,2-3,7-8H2,1H3,(H,18,19)/t11-/m0/s1. The van der Waals surface area contributed by atoms with E-state index in [4.69, 9.17) is 0 Å². The van der Waals surface area contributed by atoms with E-state index in [0.29, 0.717) is 18.5 Å². The summed E-state index contributed by atoms with van der Waals surface area (Å²) >= 11 is 2.15. The molecule has 102 valence electrons. The zero-order chi connectivity index (χ0) is 14.0. The molecule has 4 nitrogen and oxygen atoms in total. The Labute approximate surface area is 125 Å². The number of likely N-dealkylation sites (tertiary alicyclic amines) is 1. The third-order valence-corrected chi connectivity index (χ3v) is 4.90. The zero-order valence-corrected chi connectivity index (χ0v) is 12.9. The van der Waals surface area contributed by atoms with Gasteiger partial charge in [-0.2, -0.15) is 0 Å². The molecule has 19 heavy (non-hydrogen) atoms. The summed E-state index contributed by atoms with van der Waals surface area (Å²) in [5, 5.41) is 9.23. The SMILES string of the molecule is Cc1cccc(C(=O)N2CCCC[C@H]2C(=O)O)c1I. The molecule has 0 spiro atoms. The molecule has 1 fully saturated rings. The number of halogens is 1. The third-order valence-electron chi connectivity index (χ3n) is 3.47. The molecule has 1 N–H and O–H groups in total. The van der Waals surface area contributed by atoms with Crippen LogP contribution in [0.3, 0.4) is 0 Å². The molecule has 1 aliphatic heterocycles. The Balaban J connectivity index is 2.31. The average Bonchev–Trinajstić information content (AvgIpc) is 2.41. The van der Waals surface area contributed by atoms with E-state index in [1.54, 1.807) is 6.07 Å². The number of carbonyl (C=O) groups excluding carboxylic acids is 1. The topological polar surface area (TPSA) is 57.6 Å². The Hall–Kier alpha value is -1.11. The molecule has 5 heteroatoms. The van der Waals surface area contributed by atoms with Gasteiger partial charge in [0.2, 0.25) is 0 Å². The number of hydrogen-bond donors (Lipinski definition) is 1. The lowest BCUT2D eigenvalue weighted by Crippen LogP contribution is -2.48. The average molecular weight is 373 g/mol. The molecule has 0 aliphatic carbocycles. The molecule has 1 atom stereocenters. The molecule has 0 aromatic heterocycles. The molecule has 1 aliphatic rings. The molecular formula is C14H16INO3. The third kappa shape index (κ3) is 2.91. The lowest BCUT2D eigenvalue weighted by atomic mass is 10.0. The lowest BCUT2D eigenvalue weighted by molar-refractivity contribution is -0.143. The van der Waals surface area contributed by atoms with Crippen molar-refractivity contribution in [3.63, 3.8) is 0 Å². The molecule has 0 unspecified atom stereocenters. The van der Waals surface area contributed by atoms with Gasteiger partial charge in [-0.15, -0.1) is 0 Å². The normalized spacial score (nSPS) is 19.3. The van der Waals surface area contributed by atoms with Crippen LogP contribution in [0, 0.1) is 10.5 Å². The number of piperidine rings is 1. The molecule has 1 aromatic rings. The first-order valence-corrected chi connectivity index (χ1v) is 7.39. The van der Waals surface area contributed by atoms with E-state index < -0.39 is 12.0 Å². The fourth-order valence-corrected chi connectivity index (χ4v) is 2.99. The molecule has 1 heterocycles. The van der Waals surface area contributed by atoms with Gasteiger partial charge in [0, 0.05) is 10.1 Å². The number of carbonyl (C=O) groups is 2. The molecule has 1 saturated heterocycles. The smallest absolute Gasteiger partial charge is 0.326 e. The number of rotatable bonds is 2. The van der Waals surface area contributed by atoms with Gasteiger partial charge in [-0.05, 0) is 60.4 Å². The van der Waals surface area contributed by atoms with Gasteiger partial charge in [0.05, 0.1) is 5.56 Å². The second-order valence-corrected chi connectivity index (χ2v) is 5.86. The molecule has 1 aromatic carbocycles. The minimum Gasteiger partial charge on any atom is -0.480 e. The molecule has 0 radical (unpaired) electrons. The van der Waals surface area contributed by atoms with E-state index in [1.807, 2.05) is 19.1 Å². The first-order valence-electron chi connectivity index (χ1n) is 6.31. The van der Waals surface area contributed by atoms with Crippen molar-refractivity contribution in [1.29, 1.82) is 0 Å².